The maximum absolute atomic E-state index is 9.18. The second-order valence-electron chi connectivity index (χ2n) is 5.06. The Kier molecular flexibility index (Phi) is 3.08. The van der Waals surface area contributed by atoms with Gasteiger partial charge in [-0.25, -0.2) is 0 Å². The lowest BCUT2D eigenvalue weighted by atomic mass is 9.95. The van der Waals surface area contributed by atoms with E-state index in [1.54, 1.807) is 0 Å². The number of benzene rings is 1. The first-order valence-electron chi connectivity index (χ1n) is 6.05. The van der Waals surface area contributed by atoms with Crippen molar-refractivity contribution in [3.63, 3.8) is 0 Å². The number of rotatable bonds is 2. The van der Waals surface area contributed by atoms with Gasteiger partial charge in [-0.3, -0.25) is 0 Å². The summed E-state index contributed by atoms with van der Waals surface area (Å²) in [5, 5.41) is 12.5. The summed E-state index contributed by atoms with van der Waals surface area (Å²) in [6.45, 7) is 5.46. The molecule has 1 aliphatic heterocycles. The summed E-state index contributed by atoms with van der Waals surface area (Å²) in [5.41, 5.74) is 1.86. The molecule has 0 aliphatic carbocycles. The first-order chi connectivity index (χ1) is 8.11. The highest BCUT2D eigenvalue weighted by molar-refractivity contribution is 5.61. The number of hydrogen-bond donors (Lipinski definition) is 1. The van der Waals surface area contributed by atoms with Crippen molar-refractivity contribution in [1.29, 1.82) is 5.26 Å². The first-order valence-corrected chi connectivity index (χ1v) is 6.05. The second kappa shape index (κ2) is 4.38. The Morgan fingerprint density at radius 1 is 1.41 bits per heavy atom. The minimum absolute atomic E-state index is 0.0434. The number of para-hydroxylation sites is 1. The molecule has 1 atom stereocenters. The zero-order valence-corrected chi connectivity index (χ0v) is 10.7. The SMILES string of the molecule is CNC1CCN(c2ccccc2C#N)C1(C)C. The van der Waals surface area contributed by atoms with Crippen LogP contribution in [0.2, 0.25) is 0 Å². The molecule has 0 amide bonds. The molecule has 1 fully saturated rings. The first kappa shape index (κ1) is 11.9. The summed E-state index contributed by atoms with van der Waals surface area (Å²) in [4.78, 5) is 2.34. The van der Waals surface area contributed by atoms with Crippen molar-refractivity contribution >= 4 is 5.69 Å². The number of hydrogen-bond acceptors (Lipinski definition) is 3. The van der Waals surface area contributed by atoms with E-state index in [2.05, 4.69) is 30.1 Å². The van der Waals surface area contributed by atoms with Crippen molar-refractivity contribution in [3.05, 3.63) is 29.8 Å². The van der Waals surface area contributed by atoms with E-state index in [1.165, 1.54) is 0 Å². The van der Waals surface area contributed by atoms with Crippen LogP contribution in [0.1, 0.15) is 25.8 Å². The van der Waals surface area contributed by atoms with Crippen LogP contribution in [0.15, 0.2) is 24.3 Å². The monoisotopic (exact) mass is 229 g/mol. The maximum atomic E-state index is 9.18. The second-order valence-corrected chi connectivity index (χ2v) is 5.06. The van der Waals surface area contributed by atoms with Gasteiger partial charge in [0.1, 0.15) is 6.07 Å². The molecular weight excluding hydrogens is 210 g/mol. The summed E-state index contributed by atoms with van der Waals surface area (Å²) in [5.74, 6) is 0. The molecule has 0 saturated carbocycles. The Balaban J connectivity index is 2.39. The number of anilines is 1. The Morgan fingerprint density at radius 3 is 2.71 bits per heavy atom. The molecule has 0 spiro atoms. The zero-order chi connectivity index (χ0) is 12.5. The summed E-state index contributed by atoms with van der Waals surface area (Å²) in [7, 11) is 2.01. The molecule has 1 aromatic rings. The van der Waals surface area contributed by atoms with Crippen LogP contribution in [0.25, 0.3) is 0 Å². The molecule has 3 nitrogen and oxygen atoms in total. The highest BCUT2D eigenvalue weighted by atomic mass is 15.3. The molecule has 1 unspecified atom stereocenters. The van der Waals surface area contributed by atoms with Crippen LogP contribution in [0.3, 0.4) is 0 Å². The largest absolute Gasteiger partial charge is 0.364 e. The van der Waals surface area contributed by atoms with Crippen molar-refractivity contribution in [2.24, 2.45) is 0 Å². The standard InChI is InChI=1S/C14H19N3/c1-14(2)13(16-3)8-9-17(14)12-7-5-4-6-11(12)10-15/h4-7,13,16H,8-9H2,1-3H3. The number of likely N-dealkylation sites (N-methyl/N-ethyl adjacent to an activating group) is 1. The summed E-state index contributed by atoms with van der Waals surface area (Å²) < 4.78 is 0. The van der Waals surface area contributed by atoms with Crippen LogP contribution >= 0.6 is 0 Å². The van der Waals surface area contributed by atoms with Crippen LogP contribution in [0.4, 0.5) is 5.69 Å². The lowest BCUT2D eigenvalue weighted by Gasteiger charge is -2.38. The fourth-order valence-electron chi connectivity index (χ4n) is 2.82. The third kappa shape index (κ3) is 1.89. The highest BCUT2D eigenvalue weighted by Gasteiger charge is 2.41. The number of nitriles is 1. The van der Waals surface area contributed by atoms with Gasteiger partial charge in [-0.2, -0.15) is 5.26 Å². The molecule has 1 heterocycles. The minimum Gasteiger partial charge on any atom is -0.364 e. The molecule has 17 heavy (non-hydrogen) atoms. The van der Waals surface area contributed by atoms with Gasteiger partial charge in [0.05, 0.1) is 11.3 Å². The third-order valence-electron chi connectivity index (χ3n) is 3.85. The Bertz CT molecular complexity index is 445. The quantitative estimate of drug-likeness (QED) is 0.844. The average Bonchev–Trinajstić information content (AvgIpc) is 2.63. The zero-order valence-electron chi connectivity index (χ0n) is 10.7. The Morgan fingerprint density at radius 2 is 2.12 bits per heavy atom. The van der Waals surface area contributed by atoms with E-state index in [-0.39, 0.29) is 5.54 Å². The van der Waals surface area contributed by atoms with Crippen molar-refractivity contribution in [2.45, 2.75) is 31.8 Å². The molecule has 2 rings (SSSR count). The molecule has 1 N–H and O–H groups in total. The van der Waals surface area contributed by atoms with Crippen LogP contribution < -0.4 is 10.2 Å². The summed E-state index contributed by atoms with van der Waals surface area (Å²) in [6, 6.07) is 10.6. The predicted octanol–water partition coefficient (Wildman–Crippen LogP) is 2.13. The molecular formula is C14H19N3. The third-order valence-corrected chi connectivity index (χ3v) is 3.85. The van der Waals surface area contributed by atoms with Gasteiger partial charge in [-0.15, -0.1) is 0 Å². The summed E-state index contributed by atoms with van der Waals surface area (Å²) >= 11 is 0. The fraction of sp³-hybridized carbons (Fsp3) is 0.500. The van der Waals surface area contributed by atoms with Gasteiger partial charge in [-0.05, 0) is 39.4 Å². The Hall–Kier alpha value is -1.53. The minimum atomic E-state index is 0.0434. The van der Waals surface area contributed by atoms with Crippen LogP contribution in [-0.4, -0.2) is 25.2 Å². The van der Waals surface area contributed by atoms with Crippen molar-refractivity contribution in [1.82, 2.24) is 5.32 Å². The maximum Gasteiger partial charge on any atom is 0.101 e. The lowest BCUT2D eigenvalue weighted by Crippen LogP contribution is -2.50. The molecule has 1 saturated heterocycles. The predicted molar refractivity (Wildman–Crippen MR) is 70.0 cm³/mol. The van der Waals surface area contributed by atoms with Gasteiger partial charge >= 0.3 is 0 Å². The van der Waals surface area contributed by atoms with E-state index in [9.17, 15) is 5.26 Å². The van der Waals surface area contributed by atoms with E-state index in [1.807, 2.05) is 31.3 Å². The van der Waals surface area contributed by atoms with Crippen LogP contribution in [0, 0.1) is 11.3 Å². The molecule has 3 heteroatoms. The van der Waals surface area contributed by atoms with E-state index in [0.29, 0.717) is 6.04 Å². The van der Waals surface area contributed by atoms with E-state index >= 15 is 0 Å². The fourth-order valence-corrected chi connectivity index (χ4v) is 2.82. The van der Waals surface area contributed by atoms with Crippen molar-refractivity contribution < 1.29 is 0 Å². The van der Waals surface area contributed by atoms with Crippen LogP contribution in [-0.2, 0) is 0 Å². The smallest absolute Gasteiger partial charge is 0.101 e. The lowest BCUT2D eigenvalue weighted by molar-refractivity contribution is 0.403. The van der Waals surface area contributed by atoms with Gasteiger partial charge in [0.25, 0.3) is 0 Å². The average molecular weight is 229 g/mol. The van der Waals surface area contributed by atoms with Gasteiger partial charge in [-0.1, -0.05) is 12.1 Å². The normalized spacial score (nSPS) is 22.5. The topological polar surface area (TPSA) is 39.1 Å². The van der Waals surface area contributed by atoms with Gasteiger partial charge in [0.15, 0.2) is 0 Å². The molecule has 90 valence electrons. The summed E-state index contributed by atoms with van der Waals surface area (Å²) in [6.07, 6.45) is 1.11. The van der Waals surface area contributed by atoms with E-state index < -0.39 is 0 Å². The van der Waals surface area contributed by atoms with Crippen molar-refractivity contribution in [2.75, 3.05) is 18.5 Å². The van der Waals surface area contributed by atoms with Gasteiger partial charge in [0, 0.05) is 18.1 Å². The number of nitrogens with one attached hydrogen (secondary N) is 1. The molecule has 0 radical (unpaired) electrons. The Labute approximate surface area is 103 Å². The van der Waals surface area contributed by atoms with Gasteiger partial charge in [0.2, 0.25) is 0 Å². The molecule has 1 aromatic carbocycles. The molecule has 1 aliphatic rings. The van der Waals surface area contributed by atoms with Crippen molar-refractivity contribution in [3.8, 4) is 6.07 Å². The van der Waals surface area contributed by atoms with Crippen LogP contribution in [0.5, 0.6) is 0 Å². The highest BCUT2D eigenvalue weighted by Crippen LogP contribution is 2.35. The number of nitrogens with zero attached hydrogens (tertiary/aromatic N) is 2. The van der Waals surface area contributed by atoms with Gasteiger partial charge < -0.3 is 10.2 Å². The van der Waals surface area contributed by atoms with E-state index in [0.717, 1.165) is 24.2 Å². The molecule has 0 aromatic heterocycles. The van der Waals surface area contributed by atoms with E-state index in [4.69, 9.17) is 0 Å². The molecule has 0 bridgehead atoms.